The number of ether oxygens (including phenoxy) is 2. The number of nitrogens with zero attached hydrogens (tertiary/aromatic N) is 4. The largest absolute Gasteiger partial charge is 0.480 e. The third-order valence-corrected chi connectivity index (χ3v) is 3.33. The molecule has 0 N–H and O–H groups in total. The van der Waals surface area contributed by atoms with Crippen LogP contribution in [-0.4, -0.2) is 41.6 Å². The van der Waals surface area contributed by atoms with Crippen molar-refractivity contribution in [1.82, 2.24) is 14.3 Å². The van der Waals surface area contributed by atoms with Crippen molar-refractivity contribution in [2.45, 2.75) is 6.54 Å². The van der Waals surface area contributed by atoms with E-state index in [2.05, 4.69) is 14.3 Å². The van der Waals surface area contributed by atoms with E-state index in [-0.39, 0.29) is 0 Å². The van der Waals surface area contributed by atoms with Gasteiger partial charge in [0, 0.05) is 24.2 Å². The van der Waals surface area contributed by atoms with E-state index in [0.29, 0.717) is 23.8 Å². The van der Waals surface area contributed by atoms with Crippen molar-refractivity contribution in [3.63, 3.8) is 0 Å². The monoisotopic (exact) mass is 294 g/mol. The van der Waals surface area contributed by atoms with Crippen LogP contribution < -0.4 is 9.64 Å². The van der Waals surface area contributed by atoms with Gasteiger partial charge < -0.3 is 14.4 Å². The van der Waals surface area contributed by atoms with Crippen molar-refractivity contribution < 1.29 is 14.3 Å². The molecule has 0 aliphatic rings. The molecule has 0 fully saturated rings. The van der Waals surface area contributed by atoms with Crippen LogP contribution in [0.4, 0.5) is 5.82 Å². The predicted molar refractivity (Wildman–Crippen MR) is 74.1 cm³/mol. The third-order valence-electron chi connectivity index (χ3n) is 2.66. The molecule has 0 aromatic carbocycles. The van der Waals surface area contributed by atoms with Gasteiger partial charge in [0.05, 0.1) is 20.8 Å². The molecule has 0 atom stereocenters. The van der Waals surface area contributed by atoms with E-state index in [4.69, 9.17) is 9.47 Å². The summed E-state index contributed by atoms with van der Waals surface area (Å²) in [6.07, 6.45) is 2.83. The van der Waals surface area contributed by atoms with Gasteiger partial charge in [-0.05, 0) is 11.5 Å². The molecule has 2 aromatic heterocycles. The Morgan fingerprint density at radius 1 is 1.45 bits per heavy atom. The summed E-state index contributed by atoms with van der Waals surface area (Å²) in [5.41, 5.74) is 1.24. The van der Waals surface area contributed by atoms with Gasteiger partial charge in [0.25, 0.3) is 0 Å². The molecule has 2 heterocycles. The molecule has 0 radical (unpaired) electrons. The first-order valence-electron chi connectivity index (χ1n) is 5.74. The first-order chi connectivity index (χ1) is 9.67. The van der Waals surface area contributed by atoms with Crippen LogP contribution in [0.2, 0.25) is 0 Å². The van der Waals surface area contributed by atoms with Crippen LogP contribution in [0, 0.1) is 0 Å². The van der Waals surface area contributed by atoms with Crippen molar-refractivity contribution in [1.29, 1.82) is 0 Å². The summed E-state index contributed by atoms with van der Waals surface area (Å²) in [4.78, 5) is 21.5. The van der Waals surface area contributed by atoms with Crippen LogP contribution in [0.3, 0.4) is 0 Å². The van der Waals surface area contributed by atoms with E-state index in [0.717, 1.165) is 5.56 Å². The highest BCUT2D eigenvalue weighted by Crippen LogP contribution is 2.23. The number of hydrogen-bond donors (Lipinski definition) is 0. The molecule has 0 aliphatic heterocycles. The Labute approximate surface area is 120 Å². The molecule has 106 valence electrons. The lowest BCUT2D eigenvalue weighted by Gasteiger charge is -2.19. The standard InChI is InChI=1S/C12H14N4O3S/c1-16(5-8-6-20-15-11(8)18-2)10-9(12(17)19-3)4-13-7-14-10/h4,6-7H,5H2,1-3H3. The van der Waals surface area contributed by atoms with Gasteiger partial charge in [0.15, 0.2) is 0 Å². The highest BCUT2D eigenvalue weighted by Gasteiger charge is 2.18. The molecule has 0 spiro atoms. The normalized spacial score (nSPS) is 10.2. The molecule has 0 bridgehead atoms. The van der Waals surface area contributed by atoms with Gasteiger partial charge >= 0.3 is 5.97 Å². The van der Waals surface area contributed by atoms with Gasteiger partial charge in [-0.15, -0.1) is 0 Å². The fourth-order valence-corrected chi connectivity index (χ4v) is 2.37. The topological polar surface area (TPSA) is 77.4 Å². The van der Waals surface area contributed by atoms with Gasteiger partial charge in [-0.25, -0.2) is 14.8 Å². The van der Waals surface area contributed by atoms with Crippen molar-refractivity contribution in [3.8, 4) is 5.88 Å². The van der Waals surface area contributed by atoms with Gasteiger partial charge in [0.1, 0.15) is 17.7 Å². The molecular weight excluding hydrogens is 280 g/mol. The van der Waals surface area contributed by atoms with Crippen molar-refractivity contribution in [2.24, 2.45) is 0 Å². The number of carbonyl (C=O) groups is 1. The number of rotatable bonds is 5. The Hall–Kier alpha value is -2.22. The maximum Gasteiger partial charge on any atom is 0.343 e. The van der Waals surface area contributed by atoms with E-state index in [9.17, 15) is 4.79 Å². The van der Waals surface area contributed by atoms with E-state index in [1.807, 2.05) is 17.3 Å². The van der Waals surface area contributed by atoms with Crippen LogP contribution in [0.1, 0.15) is 15.9 Å². The lowest BCUT2D eigenvalue weighted by Crippen LogP contribution is -2.21. The number of anilines is 1. The molecule has 2 aromatic rings. The SMILES string of the molecule is COC(=O)c1cncnc1N(C)Cc1csnc1OC. The summed E-state index contributed by atoms with van der Waals surface area (Å²) >= 11 is 1.32. The van der Waals surface area contributed by atoms with Crippen LogP contribution in [0.15, 0.2) is 17.9 Å². The van der Waals surface area contributed by atoms with Crippen LogP contribution >= 0.6 is 11.5 Å². The van der Waals surface area contributed by atoms with E-state index < -0.39 is 5.97 Å². The number of methoxy groups -OCH3 is 2. The summed E-state index contributed by atoms with van der Waals surface area (Å²) in [6, 6.07) is 0. The quantitative estimate of drug-likeness (QED) is 0.770. The zero-order chi connectivity index (χ0) is 14.5. The average Bonchev–Trinajstić information content (AvgIpc) is 2.93. The van der Waals surface area contributed by atoms with Crippen LogP contribution in [-0.2, 0) is 11.3 Å². The Balaban J connectivity index is 2.25. The zero-order valence-electron chi connectivity index (χ0n) is 11.4. The molecule has 0 saturated heterocycles. The molecule has 0 aliphatic carbocycles. The molecule has 0 amide bonds. The molecule has 0 saturated carbocycles. The fraction of sp³-hybridized carbons (Fsp3) is 0.333. The van der Waals surface area contributed by atoms with E-state index in [1.54, 1.807) is 7.11 Å². The predicted octanol–water partition coefficient (Wildman–Crippen LogP) is 1.36. The minimum atomic E-state index is -0.470. The van der Waals surface area contributed by atoms with Gasteiger partial charge in [0.2, 0.25) is 5.88 Å². The zero-order valence-corrected chi connectivity index (χ0v) is 12.2. The lowest BCUT2D eigenvalue weighted by molar-refractivity contribution is 0.0600. The fourth-order valence-electron chi connectivity index (χ4n) is 1.73. The highest BCUT2D eigenvalue weighted by atomic mass is 32.1. The van der Waals surface area contributed by atoms with E-state index >= 15 is 0 Å². The Morgan fingerprint density at radius 3 is 2.95 bits per heavy atom. The summed E-state index contributed by atoms with van der Waals surface area (Å²) in [6.45, 7) is 0.515. The number of carbonyl (C=O) groups excluding carboxylic acids is 1. The number of esters is 1. The maximum atomic E-state index is 11.7. The Kier molecular flexibility index (Phi) is 4.46. The summed E-state index contributed by atoms with van der Waals surface area (Å²) in [5.74, 6) is 0.610. The van der Waals surface area contributed by atoms with Crippen molar-refractivity contribution in [2.75, 3.05) is 26.2 Å². The summed E-state index contributed by atoms with van der Waals surface area (Å²) in [5, 5.41) is 1.90. The van der Waals surface area contributed by atoms with Gasteiger partial charge in [-0.1, -0.05) is 0 Å². The van der Waals surface area contributed by atoms with E-state index in [1.165, 1.54) is 31.2 Å². The Bertz CT molecular complexity index is 602. The number of aromatic nitrogens is 3. The van der Waals surface area contributed by atoms with Gasteiger partial charge in [-0.3, -0.25) is 0 Å². The minimum absolute atomic E-state index is 0.319. The molecule has 0 unspecified atom stereocenters. The summed E-state index contributed by atoms with van der Waals surface area (Å²) in [7, 11) is 4.72. The third kappa shape index (κ3) is 2.85. The second-order valence-corrected chi connectivity index (χ2v) is 4.59. The Morgan fingerprint density at radius 2 is 2.25 bits per heavy atom. The second-order valence-electron chi connectivity index (χ2n) is 3.96. The molecule has 7 nitrogen and oxygen atoms in total. The van der Waals surface area contributed by atoms with Crippen LogP contribution in [0.5, 0.6) is 5.88 Å². The molecule has 20 heavy (non-hydrogen) atoms. The van der Waals surface area contributed by atoms with Crippen molar-refractivity contribution >= 4 is 23.3 Å². The number of hydrogen-bond acceptors (Lipinski definition) is 8. The summed E-state index contributed by atoms with van der Waals surface area (Å²) < 4.78 is 14.0. The van der Waals surface area contributed by atoms with Gasteiger partial charge in [-0.2, -0.15) is 4.37 Å². The lowest BCUT2D eigenvalue weighted by atomic mass is 10.2. The van der Waals surface area contributed by atoms with Crippen molar-refractivity contribution in [3.05, 3.63) is 29.0 Å². The second kappa shape index (κ2) is 6.29. The highest BCUT2D eigenvalue weighted by molar-refractivity contribution is 7.03. The first kappa shape index (κ1) is 14.2. The minimum Gasteiger partial charge on any atom is -0.480 e. The molecule has 8 heteroatoms. The first-order valence-corrected chi connectivity index (χ1v) is 6.57. The smallest absolute Gasteiger partial charge is 0.343 e. The van der Waals surface area contributed by atoms with Crippen LogP contribution in [0.25, 0.3) is 0 Å². The molecule has 2 rings (SSSR count). The maximum absolute atomic E-state index is 11.7. The molecular formula is C12H14N4O3S. The average molecular weight is 294 g/mol.